The summed E-state index contributed by atoms with van der Waals surface area (Å²) in [6.07, 6.45) is 2.19. The van der Waals surface area contributed by atoms with Gasteiger partial charge in [-0.1, -0.05) is 6.07 Å². The quantitative estimate of drug-likeness (QED) is 0.848. The molecular formula is C18H26N4O3. The monoisotopic (exact) mass is 346 g/mol. The fraction of sp³-hybridized carbons (Fsp3) is 0.556. The zero-order chi connectivity index (χ0) is 17.8. The highest BCUT2D eigenvalue weighted by molar-refractivity contribution is 5.89. The van der Waals surface area contributed by atoms with Crippen LogP contribution < -0.4 is 15.4 Å². The second-order valence-electron chi connectivity index (χ2n) is 6.64. The van der Waals surface area contributed by atoms with Crippen LogP contribution >= 0.6 is 0 Å². The Morgan fingerprint density at radius 2 is 1.92 bits per heavy atom. The Morgan fingerprint density at radius 3 is 2.56 bits per heavy atom. The van der Waals surface area contributed by atoms with E-state index in [0.29, 0.717) is 43.7 Å². The normalized spacial score (nSPS) is 19.2. The molecule has 1 saturated carbocycles. The number of nitrogens with zero attached hydrogens (tertiary/aromatic N) is 2. The molecule has 7 heteroatoms. The van der Waals surface area contributed by atoms with Gasteiger partial charge >= 0.3 is 6.03 Å². The molecule has 1 aliphatic carbocycles. The highest BCUT2D eigenvalue weighted by Crippen LogP contribution is 2.20. The number of hydrogen-bond acceptors (Lipinski definition) is 4. The van der Waals surface area contributed by atoms with Crippen molar-refractivity contribution in [3.8, 4) is 5.75 Å². The lowest BCUT2D eigenvalue weighted by atomic mass is 10.2. The van der Waals surface area contributed by atoms with Crippen LogP contribution in [0.2, 0.25) is 0 Å². The van der Waals surface area contributed by atoms with Gasteiger partial charge in [0.1, 0.15) is 5.75 Å². The summed E-state index contributed by atoms with van der Waals surface area (Å²) in [5.74, 6) is 0.801. The predicted molar refractivity (Wildman–Crippen MR) is 95.8 cm³/mol. The predicted octanol–water partition coefficient (Wildman–Crippen LogP) is 1.51. The molecule has 1 aromatic rings. The Labute approximate surface area is 148 Å². The van der Waals surface area contributed by atoms with E-state index in [0.717, 1.165) is 12.8 Å². The lowest BCUT2D eigenvalue weighted by Gasteiger charge is -2.37. The average Bonchev–Trinajstić information content (AvgIpc) is 3.45. The van der Waals surface area contributed by atoms with E-state index in [9.17, 15) is 9.59 Å². The lowest BCUT2D eigenvalue weighted by Crippen LogP contribution is -2.55. The van der Waals surface area contributed by atoms with Crippen LogP contribution in [-0.4, -0.2) is 67.1 Å². The lowest BCUT2D eigenvalue weighted by molar-refractivity contribution is -0.126. The number of methoxy groups -OCH3 is 1. The van der Waals surface area contributed by atoms with Crippen LogP contribution in [0.15, 0.2) is 24.3 Å². The molecule has 1 saturated heterocycles. The van der Waals surface area contributed by atoms with E-state index in [4.69, 9.17) is 4.74 Å². The molecule has 25 heavy (non-hydrogen) atoms. The summed E-state index contributed by atoms with van der Waals surface area (Å²) in [5, 5.41) is 5.94. The first kappa shape index (κ1) is 17.5. The van der Waals surface area contributed by atoms with Crippen molar-refractivity contribution in [2.45, 2.75) is 31.8 Å². The molecule has 0 aromatic heterocycles. The number of hydrogen-bond donors (Lipinski definition) is 2. The van der Waals surface area contributed by atoms with Crippen molar-refractivity contribution in [1.82, 2.24) is 15.1 Å². The van der Waals surface area contributed by atoms with E-state index in [-0.39, 0.29) is 18.0 Å². The maximum Gasteiger partial charge on any atom is 0.321 e. The van der Waals surface area contributed by atoms with Gasteiger partial charge in [0.2, 0.25) is 5.91 Å². The molecule has 7 nitrogen and oxygen atoms in total. The molecule has 3 amide bonds. The van der Waals surface area contributed by atoms with E-state index >= 15 is 0 Å². The molecule has 1 atom stereocenters. The van der Waals surface area contributed by atoms with E-state index in [2.05, 4.69) is 15.5 Å². The van der Waals surface area contributed by atoms with Crippen LogP contribution in [0.25, 0.3) is 0 Å². The van der Waals surface area contributed by atoms with Gasteiger partial charge in [-0.25, -0.2) is 4.79 Å². The van der Waals surface area contributed by atoms with E-state index in [1.807, 2.05) is 25.1 Å². The minimum atomic E-state index is -0.149. The molecule has 0 spiro atoms. The largest absolute Gasteiger partial charge is 0.497 e. The van der Waals surface area contributed by atoms with Crippen molar-refractivity contribution in [3.05, 3.63) is 24.3 Å². The summed E-state index contributed by atoms with van der Waals surface area (Å²) in [7, 11) is 1.60. The van der Waals surface area contributed by atoms with Gasteiger partial charge in [0.15, 0.2) is 0 Å². The molecule has 3 rings (SSSR count). The molecule has 0 bridgehead atoms. The van der Waals surface area contributed by atoms with E-state index < -0.39 is 0 Å². The first-order valence-electron chi connectivity index (χ1n) is 8.81. The summed E-state index contributed by atoms with van der Waals surface area (Å²) in [4.78, 5) is 28.5. The highest BCUT2D eigenvalue weighted by Gasteiger charge is 2.30. The first-order chi connectivity index (χ1) is 12.1. The number of benzene rings is 1. The van der Waals surface area contributed by atoms with Crippen molar-refractivity contribution in [2.75, 3.05) is 38.6 Å². The molecule has 2 aliphatic rings. The molecule has 0 radical (unpaired) electrons. The fourth-order valence-corrected chi connectivity index (χ4v) is 2.93. The van der Waals surface area contributed by atoms with Gasteiger partial charge < -0.3 is 20.3 Å². The topological polar surface area (TPSA) is 73.9 Å². The number of rotatable bonds is 5. The minimum Gasteiger partial charge on any atom is -0.497 e. The van der Waals surface area contributed by atoms with Gasteiger partial charge in [-0.15, -0.1) is 0 Å². The molecule has 2 N–H and O–H groups in total. The molecule has 1 unspecified atom stereocenters. The Hall–Kier alpha value is -2.28. The number of piperazine rings is 1. The van der Waals surface area contributed by atoms with Gasteiger partial charge in [0.25, 0.3) is 0 Å². The van der Waals surface area contributed by atoms with Crippen molar-refractivity contribution in [2.24, 2.45) is 0 Å². The molecule has 1 aromatic carbocycles. The Morgan fingerprint density at radius 1 is 1.20 bits per heavy atom. The van der Waals surface area contributed by atoms with E-state index in [1.165, 1.54) is 0 Å². The zero-order valence-electron chi connectivity index (χ0n) is 14.8. The number of urea groups is 1. The summed E-state index contributed by atoms with van der Waals surface area (Å²) in [5.41, 5.74) is 0.712. The fourth-order valence-electron chi connectivity index (χ4n) is 2.93. The smallest absolute Gasteiger partial charge is 0.321 e. The standard InChI is InChI=1S/C18H26N4O3/c1-13(17(23)19-14-6-7-14)21-8-10-22(11-9-21)18(24)20-15-4-3-5-16(12-15)25-2/h3-5,12-14H,6-11H2,1-2H3,(H,19,23)(H,20,24). The maximum absolute atomic E-state index is 12.4. The minimum absolute atomic E-state index is 0.0942. The number of amides is 3. The summed E-state index contributed by atoms with van der Waals surface area (Å²) < 4.78 is 5.17. The van der Waals surface area contributed by atoms with Crippen LogP contribution in [0.4, 0.5) is 10.5 Å². The van der Waals surface area contributed by atoms with Gasteiger partial charge in [-0.05, 0) is 31.9 Å². The SMILES string of the molecule is COc1cccc(NC(=O)N2CCN(C(C)C(=O)NC3CC3)CC2)c1. The summed E-state index contributed by atoms with van der Waals surface area (Å²) in [6, 6.07) is 7.41. The second-order valence-corrected chi connectivity index (χ2v) is 6.64. The first-order valence-corrected chi connectivity index (χ1v) is 8.81. The molecule has 1 aliphatic heterocycles. The number of anilines is 1. The third kappa shape index (κ3) is 4.63. The van der Waals surface area contributed by atoms with Crippen molar-refractivity contribution < 1.29 is 14.3 Å². The highest BCUT2D eigenvalue weighted by atomic mass is 16.5. The average molecular weight is 346 g/mol. The van der Waals surface area contributed by atoms with E-state index in [1.54, 1.807) is 18.1 Å². The van der Waals surface area contributed by atoms with Crippen molar-refractivity contribution in [1.29, 1.82) is 0 Å². The van der Waals surface area contributed by atoms with Crippen LogP contribution in [-0.2, 0) is 4.79 Å². The second kappa shape index (κ2) is 7.74. The zero-order valence-corrected chi connectivity index (χ0v) is 14.8. The van der Waals surface area contributed by atoms with Crippen LogP contribution in [0.1, 0.15) is 19.8 Å². The molecular weight excluding hydrogens is 320 g/mol. The number of carbonyl (C=O) groups is 2. The van der Waals surface area contributed by atoms with Gasteiger partial charge in [-0.2, -0.15) is 0 Å². The Kier molecular flexibility index (Phi) is 5.43. The maximum atomic E-state index is 12.4. The van der Waals surface area contributed by atoms with Crippen molar-refractivity contribution in [3.63, 3.8) is 0 Å². The Bertz CT molecular complexity index is 625. The van der Waals surface area contributed by atoms with Crippen LogP contribution in [0, 0.1) is 0 Å². The summed E-state index contributed by atoms with van der Waals surface area (Å²) in [6.45, 7) is 4.55. The third-order valence-corrected chi connectivity index (χ3v) is 4.77. The van der Waals surface area contributed by atoms with Crippen molar-refractivity contribution >= 4 is 17.6 Å². The van der Waals surface area contributed by atoms with Gasteiger partial charge in [0.05, 0.1) is 13.2 Å². The van der Waals surface area contributed by atoms with Gasteiger partial charge in [0, 0.05) is 44.0 Å². The van der Waals surface area contributed by atoms with Gasteiger partial charge in [-0.3, -0.25) is 9.69 Å². The molecule has 1 heterocycles. The number of nitrogens with one attached hydrogen (secondary N) is 2. The third-order valence-electron chi connectivity index (χ3n) is 4.77. The van der Waals surface area contributed by atoms with Crippen LogP contribution in [0.5, 0.6) is 5.75 Å². The molecule has 136 valence electrons. The number of ether oxygens (including phenoxy) is 1. The molecule has 2 fully saturated rings. The van der Waals surface area contributed by atoms with Crippen LogP contribution in [0.3, 0.4) is 0 Å². The summed E-state index contributed by atoms with van der Waals surface area (Å²) >= 11 is 0. The Balaban J connectivity index is 1.47. The number of carbonyl (C=O) groups excluding carboxylic acids is 2.